The minimum atomic E-state index is -0.181. The highest BCUT2D eigenvalue weighted by Crippen LogP contribution is 2.25. The fraction of sp³-hybridized carbons (Fsp3) is 0.538. The Balaban J connectivity index is 2.65. The van der Waals surface area contributed by atoms with E-state index in [4.69, 9.17) is 5.84 Å². The monoisotopic (exact) mass is 334 g/mol. The minimum absolute atomic E-state index is 0.0676. The molecule has 1 atom stereocenters. The predicted octanol–water partition coefficient (Wildman–Crippen LogP) is 3.49. The summed E-state index contributed by atoms with van der Waals surface area (Å²) in [7, 11) is 0. The molecule has 0 bridgehead atoms. The van der Waals surface area contributed by atoms with Crippen molar-refractivity contribution in [2.24, 2.45) is 5.84 Å². The van der Waals surface area contributed by atoms with E-state index in [1.807, 2.05) is 11.8 Å². The predicted molar refractivity (Wildman–Crippen MR) is 81.1 cm³/mol. The Hall–Kier alpha value is -0.100. The smallest absolute Gasteiger partial charge is 0.126 e. The zero-order valence-electron chi connectivity index (χ0n) is 11.0. The molecule has 0 amide bonds. The first-order valence-corrected chi connectivity index (χ1v) is 7.63. The molecule has 1 aromatic carbocycles. The molecule has 0 aromatic heterocycles. The summed E-state index contributed by atoms with van der Waals surface area (Å²) in [6.45, 7) is 6.47. The zero-order chi connectivity index (χ0) is 13.8. The van der Waals surface area contributed by atoms with Crippen LogP contribution in [0.5, 0.6) is 0 Å². The largest absolute Gasteiger partial charge is 0.271 e. The van der Waals surface area contributed by atoms with Gasteiger partial charge in [-0.15, -0.1) is 0 Å². The zero-order valence-corrected chi connectivity index (χ0v) is 13.4. The molecule has 0 heterocycles. The summed E-state index contributed by atoms with van der Waals surface area (Å²) >= 11 is 5.17. The number of nitrogens with two attached hydrogens (primary N) is 1. The van der Waals surface area contributed by atoms with E-state index >= 15 is 0 Å². The summed E-state index contributed by atoms with van der Waals surface area (Å²) in [5.41, 5.74) is 3.45. The lowest BCUT2D eigenvalue weighted by Crippen LogP contribution is -2.39. The first-order valence-electron chi connectivity index (χ1n) is 5.86. The molecule has 0 aliphatic heterocycles. The normalized spacial score (nSPS) is 13.7. The molecule has 2 nitrogen and oxygen atoms in total. The summed E-state index contributed by atoms with van der Waals surface area (Å²) < 4.78 is 14.7. The van der Waals surface area contributed by atoms with Crippen molar-refractivity contribution < 1.29 is 4.39 Å². The molecule has 3 N–H and O–H groups in total. The van der Waals surface area contributed by atoms with E-state index in [-0.39, 0.29) is 16.6 Å². The molecule has 1 aromatic rings. The third kappa shape index (κ3) is 5.69. The maximum atomic E-state index is 13.6. The van der Waals surface area contributed by atoms with E-state index < -0.39 is 0 Å². The maximum Gasteiger partial charge on any atom is 0.126 e. The summed E-state index contributed by atoms with van der Waals surface area (Å²) in [6, 6.07) is 5.05. The highest BCUT2D eigenvalue weighted by molar-refractivity contribution is 9.10. The van der Waals surface area contributed by atoms with Crippen LogP contribution in [-0.2, 0) is 6.42 Å². The fourth-order valence-electron chi connectivity index (χ4n) is 1.48. The van der Waals surface area contributed by atoms with E-state index in [2.05, 4.69) is 42.1 Å². The fourth-order valence-corrected chi connectivity index (χ4v) is 2.81. The third-order valence-electron chi connectivity index (χ3n) is 2.43. The second-order valence-corrected chi connectivity index (χ2v) is 7.99. The lowest BCUT2D eigenvalue weighted by atomic mass is 10.1. The Labute approximate surface area is 121 Å². The van der Waals surface area contributed by atoms with Gasteiger partial charge in [0.25, 0.3) is 0 Å². The second kappa shape index (κ2) is 6.89. The summed E-state index contributed by atoms with van der Waals surface area (Å²) in [6.07, 6.45) is 0.588. The molecule has 18 heavy (non-hydrogen) atoms. The minimum Gasteiger partial charge on any atom is -0.271 e. The van der Waals surface area contributed by atoms with Gasteiger partial charge in [0.15, 0.2) is 0 Å². The lowest BCUT2D eigenvalue weighted by molar-refractivity contribution is 0.545. The van der Waals surface area contributed by atoms with Crippen LogP contribution in [0.25, 0.3) is 0 Å². The van der Waals surface area contributed by atoms with Crippen LogP contribution in [-0.4, -0.2) is 16.5 Å². The molecule has 0 spiro atoms. The first kappa shape index (κ1) is 16.0. The average Bonchev–Trinajstić information content (AvgIpc) is 2.27. The lowest BCUT2D eigenvalue weighted by Gasteiger charge is -2.22. The van der Waals surface area contributed by atoms with Gasteiger partial charge in [-0.2, -0.15) is 11.8 Å². The van der Waals surface area contributed by atoms with Gasteiger partial charge in [-0.1, -0.05) is 36.7 Å². The summed E-state index contributed by atoms with van der Waals surface area (Å²) in [4.78, 5) is 0. The average molecular weight is 335 g/mol. The number of nitrogens with one attached hydrogen (secondary N) is 1. The van der Waals surface area contributed by atoms with E-state index in [9.17, 15) is 4.39 Å². The van der Waals surface area contributed by atoms with Crippen LogP contribution >= 0.6 is 27.7 Å². The van der Waals surface area contributed by atoms with Crippen LogP contribution in [0, 0.1) is 5.82 Å². The number of rotatable bonds is 5. The number of hydrazine groups is 1. The number of thioether (sulfide) groups is 1. The maximum absolute atomic E-state index is 13.6. The summed E-state index contributed by atoms with van der Waals surface area (Å²) in [5, 5.41) is 0. The SMILES string of the molecule is CC(C)(C)SCC(Cc1cc(Br)ccc1F)NN. The van der Waals surface area contributed by atoms with Crippen molar-refractivity contribution in [2.45, 2.75) is 38.0 Å². The van der Waals surface area contributed by atoms with Gasteiger partial charge in [0.2, 0.25) is 0 Å². The van der Waals surface area contributed by atoms with Crippen LogP contribution in [0.15, 0.2) is 22.7 Å². The van der Waals surface area contributed by atoms with Crippen molar-refractivity contribution in [3.05, 3.63) is 34.1 Å². The number of benzene rings is 1. The molecule has 102 valence electrons. The molecule has 5 heteroatoms. The Morgan fingerprint density at radius 3 is 2.67 bits per heavy atom. The van der Waals surface area contributed by atoms with Crippen molar-refractivity contribution in [3.8, 4) is 0 Å². The number of hydrogen-bond acceptors (Lipinski definition) is 3. The van der Waals surface area contributed by atoms with Crippen molar-refractivity contribution in [1.29, 1.82) is 0 Å². The van der Waals surface area contributed by atoms with Crippen LogP contribution < -0.4 is 11.3 Å². The van der Waals surface area contributed by atoms with Gasteiger partial charge in [-0.3, -0.25) is 11.3 Å². The van der Waals surface area contributed by atoms with Gasteiger partial charge in [0.05, 0.1) is 0 Å². The van der Waals surface area contributed by atoms with Gasteiger partial charge in [0.1, 0.15) is 5.82 Å². The highest BCUT2D eigenvalue weighted by Gasteiger charge is 2.16. The van der Waals surface area contributed by atoms with Gasteiger partial charge in [0, 0.05) is 21.0 Å². The Bertz CT molecular complexity index is 393. The van der Waals surface area contributed by atoms with Crippen LogP contribution in [0.1, 0.15) is 26.3 Å². The van der Waals surface area contributed by atoms with Crippen LogP contribution in [0.2, 0.25) is 0 Å². The topological polar surface area (TPSA) is 38.0 Å². The van der Waals surface area contributed by atoms with Gasteiger partial charge in [-0.05, 0) is 30.2 Å². The molecule has 0 saturated heterocycles. The number of hydrogen-bond donors (Lipinski definition) is 2. The van der Waals surface area contributed by atoms with Crippen LogP contribution in [0.3, 0.4) is 0 Å². The third-order valence-corrected chi connectivity index (χ3v) is 4.36. The molecule has 0 fully saturated rings. The standard InChI is InChI=1S/C13H20BrFN2S/c1-13(2,3)18-8-11(17-16)7-9-6-10(14)4-5-12(9)15/h4-6,11,17H,7-8,16H2,1-3H3. The molecule has 1 unspecified atom stereocenters. The highest BCUT2D eigenvalue weighted by atomic mass is 79.9. The Morgan fingerprint density at radius 1 is 1.44 bits per heavy atom. The van der Waals surface area contributed by atoms with Crippen molar-refractivity contribution in [1.82, 2.24) is 5.43 Å². The van der Waals surface area contributed by atoms with Crippen LogP contribution in [0.4, 0.5) is 4.39 Å². The molecule has 0 radical (unpaired) electrons. The molecule has 1 rings (SSSR count). The molecule has 0 aliphatic carbocycles. The van der Waals surface area contributed by atoms with E-state index in [1.54, 1.807) is 12.1 Å². The van der Waals surface area contributed by atoms with Gasteiger partial charge >= 0.3 is 0 Å². The van der Waals surface area contributed by atoms with Crippen molar-refractivity contribution in [3.63, 3.8) is 0 Å². The summed E-state index contributed by atoms with van der Waals surface area (Å²) in [5.74, 6) is 6.21. The molecule has 0 aliphatic rings. The quantitative estimate of drug-likeness (QED) is 0.639. The Kier molecular flexibility index (Phi) is 6.11. The number of halogens is 2. The first-order chi connectivity index (χ1) is 8.31. The van der Waals surface area contributed by atoms with Gasteiger partial charge in [-0.25, -0.2) is 4.39 Å². The molecular weight excluding hydrogens is 315 g/mol. The Morgan fingerprint density at radius 2 is 2.11 bits per heavy atom. The van der Waals surface area contributed by atoms with Crippen molar-refractivity contribution in [2.75, 3.05) is 5.75 Å². The second-order valence-electron chi connectivity index (χ2n) is 5.23. The van der Waals surface area contributed by atoms with E-state index in [1.165, 1.54) is 6.07 Å². The van der Waals surface area contributed by atoms with E-state index in [0.717, 1.165) is 10.2 Å². The van der Waals surface area contributed by atoms with Gasteiger partial charge < -0.3 is 0 Å². The van der Waals surface area contributed by atoms with Crippen molar-refractivity contribution >= 4 is 27.7 Å². The molecular formula is C13H20BrFN2S. The van der Waals surface area contributed by atoms with E-state index in [0.29, 0.717) is 12.0 Å². The molecule has 0 saturated carbocycles.